The highest BCUT2D eigenvalue weighted by atomic mass is 16.3. The van der Waals surface area contributed by atoms with Gasteiger partial charge < -0.3 is 10.2 Å². The van der Waals surface area contributed by atoms with Crippen molar-refractivity contribution >= 4 is 0 Å². The Morgan fingerprint density at radius 3 is 2.47 bits per heavy atom. The van der Waals surface area contributed by atoms with Gasteiger partial charge in [-0.05, 0) is 42.7 Å². The van der Waals surface area contributed by atoms with E-state index in [0.717, 1.165) is 32.1 Å². The van der Waals surface area contributed by atoms with Crippen molar-refractivity contribution in [2.24, 2.45) is 5.92 Å². The summed E-state index contributed by atoms with van der Waals surface area (Å²) in [5, 5.41) is 19.1. The summed E-state index contributed by atoms with van der Waals surface area (Å²) in [6.07, 6.45) is 6.03. The van der Waals surface area contributed by atoms with Gasteiger partial charge in [-0.3, -0.25) is 0 Å². The van der Waals surface area contributed by atoms with Crippen LogP contribution in [-0.2, 0) is 12.8 Å². The van der Waals surface area contributed by atoms with Crippen LogP contribution in [0.1, 0.15) is 36.8 Å². The molecule has 1 aromatic rings. The largest absolute Gasteiger partial charge is 0.396 e. The highest BCUT2D eigenvalue weighted by Crippen LogP contribution is 2.28. The Balaban J connectivity index is 2.06. The van der Waals surface area contributed by atoms with Crippen LogP contribution >= 0.6 is 0 Å². The quantitative estimate of drug-likeness (QED) is 0.839. The van der Waals surface area contributed by atoms with Crippen molar-refractivity contribution < 1.29 is 10.2 Å². The molecule has 0 heterocycles. The maximum Gasteiger partial charge on any atom is 0.0571 e. The Hall–Kier alpha value is -0.860. The highest BCUT2D eigenvalue weighted by Gasteiger charge is 2.23. The standard InChI is InChI=1S/C15H22O2/c16-10-9-12-5-1-2-6-13(12)11-14-7-3-4-8-15(14)17/h1-2,5-6,14-17H,3-4,7-11H2. The average molecular weight is 234 g/mol. The summed E-state index contributed by atoms with van der Waals surface area (Å²) >= 11 is 0. The molecule has 1 aromatic carbocycles. The number of rotatable bonds is 4. The van der Waals surface area contributed by atoms with Crippen LogP contribution in [-0.4, -0.2) is 22.9 Å². The predicted molar refractivity (Wildman–Crippen MR) is 68.9 cm³/mol. The van der Waals surface area contributed by atoms with Crippen LogP contribution in [0.25, 0.3) is 0 Å². The molecule has 0 aromatic heterocycles. The Kier molecular flexibility index (Phi) is 4.57. The second-order valence-electron chi connectivity index (χ2n) is 5.06. The lowest BCUT2D eigenvalue weighted by Gasteiger charge is -2.28. The zero-order valence-corrected chi connectivity index (χ0v) is 10.3. The molecule has 17 heavy (non-hydrogen) atoms. The number of hydrogen-bond acceptors (Lipinski definition) is 2. The van der Waals surface area contributed by atoms with Crippen molar-refractivity contribution in [2.45, 2.75) is 44.6 Å². The zero-order chi connectivity index (χ0) is 12.1. The summed E-state index contributed by atoms with van der Waals surface area (Å²) in [5.74, 6) is 0.406. The van der Waals surface area contributed by atoms with Crippen LogP contribution in [0.3, 0.4) is 0 Å². The van der Waals surface area contributed by atoms with Crippen molar-refractivity contribution in [3.8, 4) is 0 Å². The molecule has 0 bridgehead atoms. The molecule has 0 saturated heterocycles. The predicted octanol–water partition coefficient (Wildman–Crippen LogP) is 2.32. The SMILES string of the molecule is OCCc1ccccc1CC1CCCCC1O. The lowest BCUT2D eigenvalue weighted by molar-refractivity contribution is 0.0699. The van der Waals surface area contributed by atoms with Gasteiger partial charge in [0, 0.05) is 6.61 Å². The van der Waals surface area contributed by atoms with E-state index >= 15 is 0 Å². The van der Waals surface area contributed by atoms with Crippen LogP contribution in [0.2, 0.25) is 0 Å². The lowest BCUT2D eigenvalue weighted by atomic mass is 9.81. The van der Waals surface area contributed by atoms with E-state index in [4.69, 9.17) is 5.11 Å². The smallest absolute Gasteiger partial charge is 0.0571 e. The first-order valence-electron chi connectivity index (χ1n) is 6.67. The maximum atomic E-state index is 10.0. The van der Waals surface area contributed by atoms with Gasteiger partial charge in [0.15, 0.2) is 0 Å². The summed E-state index contributed by atoms with van der Waals surface area (Å²) < 4.78 is 0. The summed E-state index contributed by atoms with van der Waals surface area (Å²) in [6.45, 7) is 0.199. The van der Waals surface area contributed by atoms with E-state index in [1.807, 2.05) is 12.1 Å². The van der Waals surface area contributed by atoms with Crippen LogP contribution in [0.4, 0.5) is 0 Å². The second-order valence-corrected chi connectivity index (χ2v) is 5.06. The molecule has 0 amide bonds. The number of aliphatic hydroxyl groups excluding tert-OH is 2. The third-order valence-electron chi connectivity index (χ3n) is 3.85. The lowest BCUT2D eigenvalue weighted by Crippen LogP contribution is -2.26. The van der Waals surface area contributed by atoms with E-state index in [2.05, 4.69) is 12.1 Å². The van der Waals surface area contributed by atoms with E-state index in [1.54, 1.807) is 0 Å². The van der Waals surface area contributed by atoms with Gasteiger partial charge >= 0.3 is 0 Å². The molecule has 94 valence electrons. The molecule has 0 radical (unpaired) electrons. The van der Waals surface area contributed by atoms with E-state index in [-0.39, 0.29) is 12.7 Å². The van der Waals surface area contributed by atoms with Gasteiger partial charge in [0.25, 0.3) is 0 Å². The van der Waals surface area contributed by atoms with Crippen molar-refractivity contribution in [2.75, 3.05) is 6.61 Å². The van der Waals surface area contributed by atoms with Gasteiger partial charge in [-0.2, -0.15) is 0 Å². The molecule has 1 aliphatic rings. The molecular weight excluding hydrogens is 212 g/mol. The summed E-state index contributed by atoms with van der Waals surface area (Å²) in [4.78, 5) is 0. The van der Waals surface area contributed by atoms with Crippen molar-refractivity contribution in [3.05, 3.63) is 35.4 Å². The summed E-state index contributed by atoms with van der Waals surface area (Å²) in [7, 11) is 0. The molecule has 2 heteroatoms. The average Bonchev–Trinajstić information content (AvgIpc) is 2.35. The second kappa shape index (κ2) is 6.18. The van der Waals surface area contributed by atoms with Crippen LogP contribution in [0, 0.1) is 5.92 Å². The summed E-state index contributed by atoms with van der Waals surface area (Å²) in [6, 6.07) is 8.28. The minimum absolute atomic E-state index is 0.133. The molecule has 2 unspecified atom stereocenters. The number of hydrogen-bond donors (Lipinski definition) is 2. The first kappa shape index (κ1) is 12.6. The van der Waals surface area contributed by atoms with Crippen LogP contribution in [0.5, 0.6) is 0 Å². The van der Waals surface area contributed by atoms with Gasteiger partial charge in [0.05, 0.1) is 6.10 Å². The van der Waals surface area contributed by atoms with Crippen LogP contribution in [0.15, 0.2) is 24.3 Å². The molecule has 0 spiro atoms. The normalized spacial score (nSPS) is 24.8. The Labute approximate surface area is 103 Å². The van der Waals surface area contributed by atoms with Crippen LogP contribution < -0.4 is 0 Å². The van der Waals surface area contributed by atoms with E-state index in [9.17, 15) is 5.11 Å². The third kappa shape index (κ3) is 3.30. The Bertz CT molecular complexity index is 349. The van der Waals surface area contributed by atoms with E-state index in [1.165, 1.54) is 17.5 Å². The van der Waals surface area contributed by atoms with Crippen molar-refractivity contribution in [1.29, 1.82) is 0 Å². The Morgan fingerprint density at radius 1 is 1.06 bits per heavy atom. The topological polar surface area (TPSA) is 40.5 Å². The molecule has 2 nitrogen and oxygen atoms in total. The monoisotopic (exact) mass is 234 g/mol. The fraction of sp³-hybridized carbons (Fsp3) is 0.600. The molecule has 1 aliphatic carbocycles. The van der Waals surface area contributed by atoms with Gasteiger partial charge in [0.2, 0.25) is 0 Å². The fourth-order valence-corrected chi connectivity index (χ4v) is 2.83. The molecular formula is C15H22O2. The zero-order valence-electron chi connectivity index (χ0n) is 10.3. The Morgan fingerprint density at radius 2 is 1.76 bits per heavy atom. The summed E-state index contributed by atoms with van der Waals surface area (Å²) in [5.41, 5.74) is 2.53. The van der Waals surface area contributed by atoms with Gasteiger partial charge in [0.1, 0.15) is 0 Å². The molecule has 0 aliphatic heterocycles. The molecule has 1 fully saturated rings. The number of aliphatic hydroxyl groups is 2. The molecule has 2 N–H and O–H groups in total. The highest BCUT2D eigenvalue weighted by molar-refractivity contribution is 5.28. The van der Waals surface area contributed by atoms with E-state index < -0.39 is 0 Å². The molecule has 2 rings (SSSR count). The minimum Gasteiger partial charge on any atom is -0.396 e. The van der Waals surface area contributed by atoms with Crippen molar-refractivity contribution in [1.82, 2.24) is 0 Å². The first-order chi connectivity index (χ1) is 8.31. The van der Waals surface area contributed by atoms with Gasteiger partial charge in [-0.15, -0.1) is 0 Å². The molecule has 2 atom stereocenters. The first-order valence-corrected chi connectivity index (χ1v) is 6.67. The van der Waals surface area contributed by atoms with Crippen molar-refractivity contribution in [3.63, 3.8) is 0 Å². The van der Waals surface area contributed by atoms with E-state index in [0.29, 0.717) is 5.92 Å². The molecule has 1 saturated carbocycles. The maximum absolute atomic E-state index is 10.0. The fourth-order valence-electron chi connectivity index (χ4n) is 2.83. The minimum atomic E-state index is -0.133. The van der Waals surface area contributed by atoms with Gasteiger partial charge in [-0.1, -0.05) is 37.1 Å². The number of benzene rings is 1. The third-order valence-corrected chi connectivity index (χ3v) is 3.85. The van der Waals surface area contributed by atoms with Gasteiger partial charge in [-0.25, -0.2) is 0 Å².